The van der Waals surface area contributed by atoms with E-state index in [1.54, 1.807) is 11.3 Å². The van der Waals surface area contributed by atoms with Gasteiger partial charge >= 0.3 is 0 Å². The topological polar surface area (TPSA) is 61.4 Å². The molecule has 1 amide bonds. The van der Waals surface area contributed by atoms with E-state index in [0.717, 1.165) is 33.9 Å². The zero-order valence-electron chi connectivity index (χ0n) is 18.7. The Labute approximate surface area is 188 Å². The number of hydrogen-bond acceptors (Lipinski definition) is 5. The van der Waals surface area contributed by atoms with E-state index < -0.39 is 0 Å². The molecule has 2 N–H and O–H groups in total. The first-order valence-electron chi connectivity index (χ1n) is 10.9. The summed E-state index contributed by atoms with van der Waals surface area (Å²) in [7, 11) is 0. The Morgan fingerprint density at radius 1 is 1.23 bits per heavy atom. The molecule has 1 aliphatic heterocycles. The zero-order valence-corrected chi connectivity index (χ0v) is 19.5. The largest absolute Gasteiger partial charge is 0.357 e. The van der Waals surface area contributed by atoms with Crippen molar-refractivity contribution in [2.75, 3.05) is 23.3 Å². The van der Waals surface area contributed by atoms with Gasteiger partial charge in [0.2, 0.25) is 5.91 Å². The fourth-order valence-electron chi connectivity index (χ4n) is 4.50. The molecule has 6 heteroatoms. The van der Waals surface area contributed by atoms with E-state index in [1.165, 1.54) is 0 Å². The highest BCUT2D eigenvalue weighted by molar-refractivity contribution is 7.10. The Kier molecular flexibility index (Phi) is 5.93. The molecule has 1 aromatic carbocycles. The van der Waals surface area contributed by atoms with Crippen molar-refractivity contribution in [2.45, 2.75) is 46.6 Å². The summed E-state index contributed by atoms with van der Waals surface area (Å²) < 4.78 is 0. The van der Waals surface area contributed by atoms with Gasteiger partial charge in [-0.15, -0.1) is 11.3 Å². The van der Waals surface area contributed by atoms with Crippen LogP contribution in [0.1, 0.15) is 51.5 Å². The van der Waals surface area contributed by atoms with Gasteiger partial charge in [-0.1, -0.05) is 45.9 Å². The number of nitrogens with one attached hydrogen (secondary N) is 2. The Morgan fingerprint density at radius 3 is 2.71 bits per heavy atom. The van der Waals surface area contributed by atoms with Crippen LogP contribution in [0.2, 0.25) is 0 Å². The number of allylic oxidation sites excluding steroid dienone is 1. The van der Waals surface area contributed by atoms with Gasteiger partial charge in [0.25, 0.3) is 0 Å². The maximum absolute atomic E-state index is 13.5. The monoisotopic (exact) mass is 437 g/mol. The molecule has 1 aromatic heterocycles. The number of fused-ring (bicyclic) bond motifs is 1. The molecule has 5 nitrogen and oxygen atoms in total. The molecule has 0 fully saturated rings. The fourth-order valence-corrected chi connectivity index (χ4v) is 5.34. The summed E-state index contributed by atoms with van der Waals surface area (Å²) in [5, 5.41) is 8.66. The Bertz CT molecular complexity index is 1010. The highest BCUT2D eigenvalue weighted by Crippen LogP contribution is 2.48. The number of hydrogen-bond donors (Lipinski definition) is 2. The molecule has 2 heterocycles. The predicted molar refractivity (Wildman–Crippen MR) is 127 cm³/mol. The maximum atomic E-state index is 13.5. The Morgan fingerprint density at radius 2 is 2.00 bits per heavy atom. The number of Topliss-reactive ketones (excluding diaryl/α,β-unsaturated/α-hetero) is 1. The SMILES string of the molecule is CC(C)CNC(=O)CN1c2ccccc2NC2=C(C(=O)CC(C)(C)C2)[C@@H]1c1cccs1. The second-order valence-electron chi connectivity index (χ2n) is 9.72. The van der Waals surface area contributed by atoms with Crippen LogP contribution in [0.3, 0.4) is 0 Å². The van der Waals surface area contributed by atoms with Crippen molar-refractivity contribution in [2.24, 2.45) is 11.3 Å². The van der Waals surface area contributed by atoms with Crippen molar-refractivity contribution in [3.8, 4) is 0 Å². The number of rotatable bonds is 5. The van der Waals surface area contributed by atoms with Crippen LogP contribution < -0.4 is 15.5 Å². The summed E-state index contributed by atoms with van der Waals surface area (Å²) in [5.74, 6) is 0.516. The predicted octanol–water partition coefficient (Wildman–Crippen LogP) is 5.14. The van der Waals surface area contributed by atoms with Gasteiger partial charge < -0.3 is 15.5 Å². The lowest BCUT2D eigenvalue weighted by atomic mass is 9.74. The minimum absolute atomic E-state index is 0.0299. The van der Waals surface area contributed by atoms with Crippen LogP contribution in [0.5, 0.6) is 0 Å². The van der Waals surface area contributed by atoms with Crippen LogP contribution in [0, 0.1) is 11.3 Å². The van der Waals surface area contributed by atoms with Crippen LogP contribution in [-0.4, -0.2) is 24.8 Å². The normalized spacial score (nSPS) is 20.1. The first-order chi connectivity index (χ1) is 14.7. The highest BCUT2D eigenvalue weighted by atomic mass is 32.1. The average Bonchev–Trinajstić information content (AvgIpc) is 3.17. The minimum atomic E-state index is -0.278. The summed E-state index contributed by atoms with van der Waals surface area (Å²) in [6.45, 7) is 9.28. The number of carbonyl (C=O) groups is 2. The minimum Gasteiger partial charge on any atom is -0.357 e. The second kappa shape index (κ2) is 8.50. The van der Waals surface area contributed by atoms with Gasteiger partial charge in [0.1, 0.15) is 0 Å². The molecule has 1 aliphatic carbocycles. The van der Waals surface area contributed by atoms with Gasteiger partial charge in [-0.2, -0.15) is 0 Å². The average molecular weight is 438 g/mol. The number of thiophene rings is 1. The summed E-state index contributed by atoms with van der Waals surface area (Å²) in [6, 6.07) is 11.8. The Balaban J connectivity index is 1.83. The lowest BCUT2D eigenvalue weighted by molar-refractivity contribution is -0.120. The molecular weight excluding hydrogens is 406 g/mol. The first-order valence-corrected chi connectivity index (χ1v) is 11.8. The molecule has 0 spiro atoms. The molecule has 0 bridgehead atoms. The molecule has 1 atom stereocenters. The van der Waals surface area contributed by atoms with Crippen molar-refractivity contribution in [1.29, 1.82) is 0 Å². The number of para-hydroxylation sites is 2. The second-order valence-corrected chi connectivity index (χ2v) is 10.7. The molecule has 0 unspecified atom stereocenters. The third-order valence-electron chi connectivity index (χ3n) is 5.84. The van der Waals surface area contributed by atoms with E-state index >= 15 is 0 Å². The lowest BCUT2D eigenvalue weighted by Gasteiger charge is -2.37. The van der Waals surface area contributed by atoms with Crippen molar-refractivity contribution < 1.29 is 9.59 Å². The molecular formula is C25H31N3O2S. The smallest absolute Gasteiger partial charge is 0.239 e. The zero-order chi connectivity index (χ0) is 22.2. The number of anilines is 2. The summed E-state index contributed by atoms with van der Waals surface area (Å²) in [4.78, 5) is 29.6. The number of ketones is 1. The van der Waals surface area contributed by atoms with E-state index in [9.17, 15) is 9.59 Å². The van der Waals surface area contributed by atoms with Crippen LogP contribution in [-0.2, 0) is 9.59 Å². The molecule has 164 valence electrons. The highest BCUT2D eigenvalue weighted by Gasteiger charge is 2.42. The lowest BCUT2D eigenvalue weighted by Crippen LogP contribution is -2.42. The van der Waals surface area contributed by atoms with Gasteiger partial charge in [-0.25, -0.2) is 0 Å². The van der Waals surface area contributed by atoms with Crippen molar-refractivity contribution in [1.82, 2.24) is 5.32 Å². The van der Waals surface area contributed by atoms with Crippen molar-refractivity contribution >= 4 is 34.4 Å². The molecule has 2 aliphatic rings. The van der Waals surface area contributed by atoms with Crippen LogP contribution in [0.4, 0.5) is 11.4 Å². The van der Waals surface area contributed by atoms with Crippen molar-refractivity contribution in [3.05, 3.63) is 57.9 Å². The molecule has 4 rings (SSSR count). The van der Waals surface area contributed by atoms with E-state index in [1.807, 2.05) is 35.7 Å². The Hall–Kier alpha value is -2.60. The van der Waals surface area contributed by atoms with E-state index in [0.29, 0.717) is 18.9 Å². The summed E-state index contributed by atoms with van der Waals surface area (Å²) in [6.07, 6.45) is 1.32. The van der Waals surface area contributed by atoms with Crippen LogP contribution in [0.15, 0.2) is 53.0 Å². The molecule has 0 radical (unpaired) electrons. The van der Waals surface area contributed by atoms with E-state index in [-0.39, 0.29) is 29.7 Å². The van der Waals surface area contributed by atoms with Crippen LogP contribution in [0.25, 0.3) is 0 Å². The quantitative estimate of drug-likeness (QED) is 0.680. The molecule has 2 aromatic rings. The fraction of sp³-hybridized carbons (Fsp3) is 0.440. The number of carbonyl (C=O) groups excluding carboxylic acids is 2. The van der Waals surface area contributed by atoms with E-state index in [2.05, 4.69) is 49.3 Å². The molecule has 31 heavy (non-hydrogen) atoms. The number of benzene rings is 1. The summed E-state index contributed by atoms with van der Waals surface area (Å²) in [5.41, 5.74) is 3.57. The maximum Gasteiger partial charge on any atom is 0.239 e. The standard InChI is InChI=1S/C25H31N3O2S/c1-16(2)14-26-22(30)15-28-19-9-6-5-8-17(19)27-18-12-25(3,4)13-20(29)23(18)24(28)21-10-7-11-31-21/h5-11,16,24,27H,12-15H2,1-4H3,(H,26,30)/t24-/m0/s1. The van der Waals surface area contributed by atoms with Gasteiger partial charge in [0.05, 0.1) is 24.0 Å². The van der Waals surface area contributed by atoms with Gasteiger partial charge in [0.15, 0.2) is 5.78 Å². The number of amides is 1. The molecule has 0 saturated carbocycles. The van der Waals surface area contributed by atoms with Crippen LogP contribution >= 0.6 is 11.3 Å². The van der Waals surface area contributed by atoms with Crippen molar-refractivity contribution in [3.63, 3.8) is 0 Å². The third-order valence-corrected chi connectivity index (χ3v) is 6.76. The first kappa shape index (κ1) is 21.6. The summed E-state index contributed by atoms with van der Waals surface area (Å²) >= 11 is 1.63. The van der Waals surface area contributed by atoms with Gasteiger partial charge in [0, 0.05) is 29.1 Å². The molecule has 0 saturated heterocycles. The van der Waals surface area contributed by atoms with E-state index in [4.69, 9.17) is 0 Å². The van der Waals surface area contributed by atoms with Gasteiger partial charge in [-0.3, -0.25) is 9.59 Å². The third kappa shape index (κ3) is 4.54. The van der Waals surface area contributed by atoms with Gasteiger partial charge in [-0.05, 0) is 41.3 Å². The number of nitrogens with zero attached hydrogens (tertiary/aromatic N) is 1.